The predicted octanol–water partition coefficient (Wildman–Crippen LogP) is 1.42. The molecule has 0 atom stereocenters. The summed E-state index contributed by atoms with van der Waals surface area (Å²) in [6.07, 6.45) is 7.02. The highest BCUT2D eigenvalue weighted by molar-refractivity contribution is 14.1. The van der Waals surface area contributed by atoms with E-state index in [0.717, 1.165) is 9.39 Å². The lowest BCUT2D eigenvalue weighted by Crippen LogP contribution is -2.04. The quantitative estimate of drug-likeness (QED) is 0.841. The van der Waals surface area contributed by atoms with Crippen LogP contribution in [0.15, 0.2) is 24.8 Å². The standard InChI is InChI=1S/C8H8IN5/c9-6-3-12-8(13-4-6)14-5-7-10-1-2-11-7/h1-4H,5H2,(H,10,11)(H,12,13,14). The second kappa shape index (κ2) is 4.36. The van der Waals surface area contributed by atoms with Gasteiger partial charge in [-0.05, 0) is 22.6 Å². The van der Waals surface area contributed by atoms with Crippen molar-refractivity contribution < 1.29 is 0 Å². The van der Waals surface area contributed by atoms with E-state index in [9.17, 15) is 0 Å². The van der Waals surface area contributed by atoms with Gasteiger partial charge in [-0.3, -0.25) is 0 Å². The first-order chi connectivity index (χ1) is 6.84. The van der Waals surface area contributed by atoms with Gasteiger partial charge < -0.3 is 10.3 Å². The van der Waals surface area contributed by atoms with Gasteiger partial charge in [-0.15, -0.1) is 0 Å². The lowest BCUT2D eigenvalue weighted by Gasteiger charge is -2.01. The van der Waals surface area contributed by atoms with Crippen LogP contribution in [-0.4, -0.2) is 19.9 Å². The second-order valence-electron chi connectivity index (χ2n) is 2.61. The van der Waals surface area contributed by atoms with Crippen molar-refractivity contribution in [1.82, 2.24) is 19.9 Å². The van der Waals surface area contributed by atoms with E-state index in [1.165, 1.54) is 0 Å². The summed E-state index contributed by atoms with van der Waals surface area (Å²) in [5.74, 6) is 1.48. The Balaban J connectivity index is 1.95. The first-order valence-corrected chi connectivity index (χ1v) is 5.12. The summed E-state index contributed by atoms with van der Waals surface area (Å²) in [4.78, 5) is 15.3. The van der Waals surface area contributed by atoms with E-state index in [2.05, 4.69) is 47.8 Å². The molecule has 72 valence electrons. The summed E-state index contributed by atoms with van der Waals surface area (Å²) < 4.78 is 1.02. The zero-order valence-electron chi connectivity index (χ0n) is 7.24. The predicted molar refractivity (Wildman–Crippen MR) is 60.7 cm³/mol. The molecular formula is C8H8IN5. The lowest BCUT2D eigenvalue weighted by molar-refractivity contribution is 0.966. The monoisotopic (exact) mass is 301 g/mol. The molecule has 2 aromatic heterocycles. The zero-order valence-corrected chi connectivity index (χ0v) is 9.39. The number of aromatic amines is 1. The number of H-pyrrole nitrogens is 1. The third-order valence-corrected chi connectivity index (χ3v) is 2.15. The maximum Gasteiger partial charge on any atom is 0.223 e. The first kappa shape index (κ1) is 9.38. The average molecular weight is 301 g/mol. The first-order valence-electron chi connectivity index (χ1n) is 4.04. The Bertz CT molecular complexity index is 383. The van der Waals surface area contributed by atoms with Crippen molar-refractivity contribution in [3.8, 4) is 0 Å². The van der Waals surface area contributed by atoms with Gasteiger partial charge in [0.05, 0.1) is 6.54 Å². The summed E-state index contributed by atoms with van der Waals surface area (Å²) in [5.41, 5.74) is 0. The number of anilines is 1. The van der Waals surface area contributed by atoms with Crippen LogP contribution in [0.25, 0.3) is 0 Å². The van der Waals surface area contributed by atoms with Gasteiger partial charge in [-0.25, -0.2) is 15.0 Å². The minimum Gasteiger partial charge on any atom is -0.347 e. The van der Waals surface area contributed by atoms with Crippen molar-refractivity contribution in [3.05, 3.63) is 34.2 Å². The van der Waals surface area contributed by atoms with Gasteiger partial charge in [0, 0.05) is 28.4 Å². The molecule has 14 heavy (non-hydrogen) atoms. The highest BCUT2D eigenvalue weighted by Gasteiger charge is 1.97. The van der Waals surface area contributed by atoms with E-state index >= 15 is 0 Å². The van der Waals surface area contributed by atoms with Crippen LogP contribution in [0.3, 0.4) is 0 Å². The fraction of sp³-hybridized carbons (Fsp3) is 0.125. The molecular weight excluding hydrogens is 293 g/mol. The third kappa shape index (κ3) is 2.41. The Morgan fingerprint density at radius 2 is 2.07 bits per heavy atom. The molecule has 0 aliphatic heterocycles. The Hall–Kier alpha value is -1.18. The largest absolute Gasteiger partial charge is 0.347 e. The normalized spacial score (nSPS) is 10.1. The van der Waals surface area contributed by atoms with E-state index < -0.39 is 0 Å². The number of halogens is 1. The average Bonchev–Trinajstić information content (AvgIpc) is 2.70. The van der Waals surface area contributed by atoms with Crippen LogP contribution < -0.4 is 5.32 Å². The lowest BCUT2D eigenvalue weighted by atomic mass is 10.6. The summed E-state index contributed by atoms with van der Waals surface area (Å²) in [5, 5.41) is 3.05. The zero-order chi connectivity index (χ0) is 9.80. The van der Waals surface area contributed by atoms with Crippen LogP contribution in [0.2, 0.25) is 0 Å². The highest BCUT2D eigenvalue weighted by Crippen LogP contribution is 2.03. The van der Waals surface area contributed by atoms with Crippen LogP contribution in [0.5, 0.6) is 0 Å². The van der Waals surface area contributed by atoms with Crippen LogP contribution in [-0.2, 0) is 6.54 Å². The molecule has 0 radical (unpaired) electrons. The molecule has 0 unspecified atom stereocenters. The number of nitrogens with one attached hydrogen (secondary N) is 2. The number of aromatic nitrogens is 4. The van der Waals surface area contributed by atoms with Gasteiger partial charge >= 0.3 is 0 Å². The minimum atomic E-state index is 0.605. The molecule has 0 saturated heterocycles. The molecule has 5 nitrogen and oxygen atoms in total. The maximum atomic E-state index is 4.11. The minimum absolute atomic E-state index is 0.605. The van der Waals surface area contributed by atoms with Crippen molar-refractivity contribution in [2.75, 3.05) is 5.32 Å². The van der Waals surface area contributed by atoms with E-state index in [-0.39, 0.29) is 0 Å². The molecule has 0 aromatic carbocycles. The smallest absolute Gasteiger partial charge is 0.223 e. The number of nitrogens with zero attached hydrogens (tertiary/aromatic N) is 3. The molecule has 0 amide bonds. The van der Waals surface area contributed by atoms with Crippen LogP contribution in [0.1, 0.15) is 5.82 Å². The Morgan fingerprint density at radius 3 is 2.71 bits per heavy atom. The van der Waals surface area contributed by atoms with E-state index in [4.69, 9.17) is 0 Å². The SMILES string of the molecule is Ic1cnc(NCc2ncc[nH]2)nc1. The van der Waals surface area contributed by atoms with Crippen LogP contribution in [0, 0.1) is 3.57 Å². The molecule has 0 saturated carbocycles. The highest BCUT2D eigenvalue weighted by atomic mass is 127. The topological polar surface area (TPSA) is 66.5 Å². The van der Waals surface area contributed by atoms with Gasteiger partial charge in [0.25, 0.3) is 0 Å². The third-order valence-electron chi connectivity index (χ3n) is 1.59. The number of rotatable bonds is 3. The van der Waals surface area contributed by atoms with Gasteiger partial charge in [0.1, 0.15) is 5.82 Å². The van der Waals surface area contributed by atoms with E-state index in [1.54, 1.807) is 24.8 Å². The maximum absolute atomic E-state index is 4.11. The summed E-state index contributed by atoms with van der Waals surface area (Å²) >= 11 is 2.16. The summed E-state index contributed by atoms with van der Waals surface area (Å²) in [6, 6.07) is 0. The van der Waals surface area contributed by atoms with Crippen molar-refractivity contribution >= 4 is 28.5 Å². The molecule has 0 aliphatic rings. The Kier molecular flexibility index (Phi) is 2.92. The molecule has 2 N–H and O–H groups in total. The molecule has 2 rings (SSSR count). The van der Waals surface area contributed by atoms with E-state index in [0.29, 0.717) is 12.5 Å². The fourth-order valence-electron chi connectivity index (χ4n) is 0.961. The Morgan fingerprint density at radius 1 is 1.29 bits per heavy atom. The summed E-state index contributed by atoms with van der Waals surface area (Å²) in [7, 11) is 0. The van der Waals surface area contributed by atoms with Gasteiger partial charge in [0.2, 0.25) is 5.95 Å². The molecule has 6 heteroatoms. The number of imidazole rings is 1. The molecule has 0 aliphatic carbocycles. The number of hydrogen-bond donors (Lipinski definition) is 2. The molecule has 2 aromatic rings. The van der Waals surface area contributed by atoms with Crippen molar-refractivity contribution in [3.63, 3.8) is 0 Å². The molecule has 0 fully saturated rings. The van der Waals surface area contributed by atoms with E-state index in [1.807, 2.05) is 0 Å². The van der Waals surface area contributed by atoms with Gasteiger partial charge in [-0.2, -0.15) is 0 Å². The van der Waals surface area contributed by atoms with Crippen molar-refractivity contribution in [1.29, 1.82) is 0 Å². The Labute approximate surface area is 94.5 Å². The van der Waals surface area contributed by atoms with Crippen molar-refractivity contribution in [2.45, 2.75) is 6.54 Å². The molecule has 0 spiro atoms. The molecule has 2 heterocycles. The summed E-state index contributed by atoms with van der Waals surface area (Å²) in [6.45, 7) is 0.605. The molecule has 0 bridgehead atoms. The fourth-order valence-corrected chi connectivity index (χ4v) is 1.24. The number of hydrogen-bond acceptors (Lipinski definition) is 4. The second-order valence-corrected chi connectivity index (χ2v) is 3.86. The van der Waals surface area contributed by atoms with Gasteiger partial charge in [-0.1, -0.05) is 0 Å². The van der Waals surface area contributed by atoms with Gasteiger partial charge in [0.15, 0.2) is 0 Å². The van der Waals surface area contributed by atoms with Crippen LogP contribution in [0.4, 0.5) is 5.95 Å². The van der Waals surface area contributed by atoms with Crippen molar-refractivity contribution in [2.24, 2.45) is 0 Å². The van der Waals surface area contributed by atoms with Crippen LogP contribution >= 0.6 is 22.6 Å².